The van der Waals surface area contributed by atoms with E-state index in [9.17, 15) is 0 Å². The third-order valence-corrected chi connectivity index (χ3v) is 3.15. The quantitative estimate of drug-likeness (QED) is 0.895. The number of hydrogen-bond acceptors (Lipinski definition) is 2. The van der Waals surface area contributed by atoms with Crippen LogP contribution in [0.1, 0.15) is 32.2 Å². The van der Waals surface area contributed by atoms with Gasteiger partial charge in [-0.3, -0.25) is 0 Å². The molecule has 0 aliphatic carbocycles. The van der Waals surface area contributed by atoms with Gasteiger partial charge < -0.3 is 14.5 Å². The van der Waals surface area contributed by atoms with Gasteiger partial charge in [-0.2, -0.15) is 0 Å². The largest absolute Gasteiger partial charge is 0.353 e. The molecule has 19 heavy (non-hydrogen) atoms. The molecule has 0 unspecified atom stereocenters. The van der Waals surface area contributed by atoms with E-state index >= 15 is 0 Å². The fourth-order valence-corrected chi connectivity index (χ4v) is 1.97. The van der Waals surface area contributed by atoms with Crippen molar-refractivity contribution in [1.29, 1.82) is 0 Å². The maximum Gasteiger partial charge on any atom is 0.110 e. The average Bonchev–Trinajstić information content (AvgIpc) is 2.92. The number of hydrogen-bond donors (Lipinski definition) is 1. The van der Waals surface area contributed by atoms with Gasteiger partial charge in [0.2, 0.25) is 0 Å². The van der Waals surface area contributed by atoms with E-state index in [-0.39, 0.29) is 5.54 Å². The molecule has 2 rings (SSSR count). The lowest BCUT2D eigenvalue weighted by Gasteiger charge is -2.19. The Morgan fingerprint density at radius 2 is 2.05 bits per heavy atom. The van der Waals surface area contributed by atoms with E-state index in [0.717, 1.165) is 25.3 Å². The van der Waals surface area contributed by atoms with Crippen LogP contribution in [0, 0.1) is 0 Å². The second kappa shape index (κ2) is 5.61. The summed E-state index contributed by atoms with van der Waals surface area (Å²) in [5.41, 5.74) is 1.49. The van der Waals surface area contributed by atoms with Gasteiger partial charge in [0.1, 0.15) is 5.82 Å². The van der Waals surface area contributed by atoms with Crippen molar-refractivity contribution < 1.29 is 0 Å². The first-order valence-electron chi connectivity index (χ1n) is 6.80. The second-order valence-corrected chi connectivity index (χ2v) is 6.07. The molecule has 104 valence electrons. The number of aromatic nitrogens is 3. The SMILES string of the molecule is Cn1ccnc1CCn1ccc(CNC(C)(C)C)c1. The monoisotopic (exact) mass is 260 g/mol. The van der Waals surface area contributed by atoms with Crippen LogP contribution in [0.5, 0.6) is 0 Å². The third-order valence-electron chi connectivity index (χ3n) is 3.15. The van der Waals surface area contributed by atoms with Crippen LogP contribution in [-0.4, -0.2) is 19.7 Å². The van der Waals surface area contributed by atoms with E-state index in [4.69, 9.17) is 0 Å². The molecule has 0 aromatic carbocycles. The van der Waals surface area contributed by atoms with E-state index in [1.165, 1.54) is 5.56 Å². The first kappa shape index (κ1) is 13.9. The lowest BCUT2D eigenvalue weighted by atomic mass is 10.1. The molecule has 4 nitrogen and oxygen atoms in total. The molecule has 0 spiro atoms. The Balaban J connectivity index is 1.86. The summed E-state index contributed by atoms with van der Waals surface area (Å²) in [4.78, 5) is 4.34. The van der Waals surface area contributed by atoms with Crippen molar-refractivity contribution >= 4 is 0 Å². The first-order chi connectivity index (χ1) is 8.94. The summed E-state index contributed by atoms with van der Waals surface area (Å²) in [6.45, 7) is 8.44. The van der Waals surface area contributed by atoms with E-state index in [0.29, 0.717) is 0 Å². The summed E-state index contributed by atoms with van der Waals surface area (Å²) >= 11 is 0. The smallest absolute Gasteiger partial charge is 0.110 e. The minimum absolute atomic E-state index is 0.162. The van der Waals surface area contributed by atoms with Gasteiger partial charge in [0.05, 0.1) is 0 Å². The normalized spacial score (nSPS) is 12.0. The van der Waals surface area contributed by atoms with Crippen molar-refractivity contribution in [3.8, 4) is 0 Å². The van der Waals surface area contributed by atoms with Crippen LogP contribution in [0.25, 0.3) is 0 Å². The highest BCUT2D eigenvalue weighted by molar-refractivity contribution is 5.10. The van der Waals surface area contributed by atoms with Gasteiger partial charge in [0, 0.05) is 56.9 Å². The van der Waals surface area contributed by atoms with Crippen LogP contribution in [0.3, 0.4) is 0 Å². The van der Waals surface area contributed by atoms with Gasteiger partial charge >= 0.3 is 0 Å². The highest BCUT2D eigenvalue weighted by atomic mass is 15.0. The van der Waals surface area contributed by atoms with E-state index < -0.39 is 0 Å². The Morgan fingerprint density at radius 3 is 2.68 bits per heavy atom. The average molecular weight is 260 g/mol. The van der Waals surface area contributed by atoms with Gasteiger partial charge in [-0.25, -0.2) is 4.98 Å². The minimum atomic E-state index is 0.162. The summed E-state index contributed by atoms with van der Waals surface area (Å²) in [6, 6.07) is 2.18. The Kier molecular flexibility index (Phi) is 4.10. The summed E-state index contributed by atoms with van der Waals surface area (Å²) in [6.07, 6.45) is 9.15. The molecular formula is C15H24N4. The summed E-state index contributed by atoms with van der Waals surface area (Å²) in [7, 11) is 2.04. The Labute approximate surface area is 115 Å². The van der Waals surface area contributed by atoms with Crippen LogP contribution in [0.15, 0.2) is 30.9 Å². The molecule has 0 bridgehead atoms. The molecule has 2 heterocycles. The molecule has 2 aromatic heterocycles. The lowest BCUT2D eigenvalue weighted by Crippen LogP contribution is -2.34. The second-order valence-electron chi connectivity index (χ2n) is 6.07. The summed E-state index contributed by atoms with van der Waals surface area (Å²) in [5.74, 6) is 1.13. The maximum absolute atomic E-state index is 4.34. The molecule has 1 N–H and O–H groups in total. The van der Waals surface area contributed by atoms with Crippen LogP contribution in [0.2, 0.25) is 0 Å². The molecule has 4 heteroatoms. The molecule has 0 aliphatic rings. The van der Waals surface area contributed by atoms with Crippen LogP contribution in [0.4, 0.5) is 0 Å². The molecular weight excluding hydrogens is 236 g/mol. The number of nitrogens with zero attached hydrogens (tertiary/aromatic N) is 3. The maximum atomic E-state index is 4.34. The van der Waals surface area contributed by atoms with E-state index in [1.807, 2.05) is 19.4 Å². The number of nitrogens with one attached hydrogen (secondary N) is 1. The van der Waals surface area contributed by atoms with Crippen LogP contribution >= 0.6 is 0 Å². The topological polar surface area (TPSA) is 34.8 Å². The predicted molar refractivity (Wildman–Crippen MR) is 77.9 cm³/mol. The minimum Gasteiger partial charge on any atom is -0.353 e. The van der Waals surface area contributed by atoms with Crippen molar-refractivity contribution in [2.45, 2.75) is 45.8 Å². The van der Waals surface area contributed by atoms with Crippen molar-refractivity contribution in [3.63, 3.8) is 0 Å². The van der Waals surface area contributed by atoms with E-state index in [1.54, 1.807) is 0 Å². The molecule has 0 amide bonds. The van der Waals surface area contributed by atoms with Gasteiger partial charge in [-0.05, 0) is 32.4 Å². The Bertz CT molecular complexity index is 516. The summed E-state index contributed by atoms with van der Waals surface area (Å²) in [5, 5.41) is 3.50. The Hall–Kier alpha value is -1.55. The summed E-state index contributed by atoms with van der Waals surface area (Å²) < 4.78 is 4.31. The van der Waals surface area contributed by atoms with Crippen LogP contribution < -0.4 is 5.32 Å². The van der Waals surface area contributed by atoms with Crippen molar-refractivity contribution in [2.75, 3.05) is 0 Å². The first-order valence-corrected chi connectivity index (χ1v) is 6.80. The standard InChI is InChI=1S/C15H24N4/c1-15(2,3)17-11-13-5-8-19(12-13)9-6-14-16-7-10-18(14)4/h5,7-8,10,12,17H,6,9,11H2,1-4H3. The number of imidazole rings is 1. The molecule has 0 saturated heterocycles. The van der Waals surface area contributed by atoms with Gasteiger partial charge in [0.25, 0.3) is 0 Å². The van der Waals surface area contributed by atoms with Gasteiger partial charge in [-0.15, -0.1) is 0 Å². The number of rotatable bonds is 5. The van der Waals surface area contributed by atoms with Gasteiger partial charge in [-0.1, -0.05) is 0 Å². The molecule has 0 aliphatic heterocycles. The Morgan fingerprint density at radius 1 is 1.26 bits per heavy atom. The zero-order valence-corrected chi connectivity index (χ0v) is 12.3. The molecule has 0 atom stereocenters. The predicted octanol–water partition coefficient (Wildman–Crippen LogP) is 2.35. The highest BCUT2D eigenvalue weighted by Gasteiger charge is 2.08. The van der Waals surface area contributed by atoms with Crippen molar-refractivity contribution in [1.82, 2.24) is 19.4 Å². The van der Waals surface area contributed by atoms with Crippen LogP contribution in [-0.2, 0) is 26.6 Å². The molecule has 2 aromatic rings. The van der Waals surface area contributed by atoms with Crippen molar-refractivity contribution in [3.05, 3.63) is 42.2 Å². The van der Waals surface area contributed by atoms with Crippen molar-refractivity contribution in [2.24, 2.45) is 7.05 Å². The zero-order valence-electron chi connectivity index (χ0n) is 12.3. The highest BCUT2D eigenvalue weighted by Crippen LogP contribution is 2.06. The lowest BCUT2D eigenvalue weighted by molar-refractivity contribution is 0.424. The zero-order chi connectivity index (χ0) is 13.9. The molecule has 0 fully saturated rings. The molecule has 0 saturated carbocycles. The number of aryl methyl sites for hydroxylation is 3. The fourth-order valence-electron chi connectivity index (χ4n) is 1.97. The third kappa shape index (κ3) is 4.24. The molecule has 0 radical (unpaired) electrons. The van der Waals surface area contributed by atoms with Gasteiger partial charge in [0.15, 0.2) is 0 Å². The van der Waals surface area contributed by atoms with E-state index in [2.05, 4.69) is 58.7 Å². The fraction of sp³-hybridized carbons (Fsp3) is 0.533.